The van der Waals surface area contributed by atoms with Gasteiger partial charge in [0.05, 0.1) is 17.6 Å². The molecular weight excluding hydrogens is 326 g/mol. The molecule has 0 radical (unpaired) electrons. The Kier molecular flexibility index (Phi) is 3.66. The second-order valence-corrected chi connectivity index (χ2v) is 5.92. The van der Waals surface area contributed by atoms with Crippen LogP contribution in [0.25, 0.3) is 10.9 Å². The number of hydrazone groups is 1. The van der Waals surface area contributed by atoms with Crippen molar-refractivity contribution in [3.05, 3.63) is 59.0 Å². The molecule has 1 amide bonds. The molecule has 0 atom stereocenters. The molecule has 7 heteroatoms. The van der Waals surface area contributed by atoms with Crippen molar-refractivity contribution in [3.8, 4) is 0 Å². The van der Waals surface area contributed by atoms with Crippen molar-refractivity contribution >= 4 is 39.8 Å². The number of benzene rings is 1. The van der Waals surface area contributed by atoms with E-state index in [9.17, 15) is 4.79 Å². The molecule has 1 aromatic carbocycles. The number of amides is 1. The molecule has 1 aliphatic heterocycles. The van der Waals surface area contributed by atoms with E-state index in [2.05, 4.69) is 25.8 Å². The Balaban J connectivity index is 1.84. The lowest BCUT2D eigenvalue weighted by molar-refractivity contribution is 0.0952. The van der Waals surface area contributed by atoms with Crippen molar-refractivity contribution in [2.75, 3.05) is 12.0 Å². The maximum atomic E-state index is 12.3. The van der Waals surface area contributed by atoms with Gasteiger partial charge >= 0.3 is 0 Å². The summed E-state index contributed by atoms with van der Waals surface area (Å²) in [4.78, 5) is 19.5. The fourth-order valence-electron chi connectivity index (χ4n) is 2.81. The molecule has 3 heterocycles. The Morgan fingerprint density at radius 2 is 2.21 bits per heavy atom. The van der Waals surface area contributed by atoms with Gasteiger partial charge in [0.2, 0.25) is 0 Å². The summed E-state index contributed by atoms with van der Waals surface area (Å²) in [5.41, 5.74) is 6.74. The third kappa shape index (κ3) is 2.61. The number of halogens is 1. The smallest absolute Gasteiger partial charge is 0.268 e. The number of carbonyl (C=O) groups excluding carboxylic acids is 1. The number of nitrogens with one attached hydrogen (secondary N) is 3. The second-order valence-electron chi connectivity index (χ2n) is 5.48. The van der Waals surface area contributed by atoms with Crippen LogP contribution in [0.5, 0.6) is 0 Å². The molecule has 0 bridgehead atoms. The van der Waals surface area contributed by atoms with E-state index in [1.54, 1.807) is 18.5 Å². The first-order chi connectivity index (χ1) is 11.7. The number of H-pyrrole nitrogens is 1. The minimum atomic E-state index is -0.135. The molecular formula is C17H14ClN5O. The molecule has 24 heavy (non-hydrogen) atoms. The zero-order valence-electron chi connectivity index (χ0n) is 12.6. The third-order valence-corrected chi connectivity index (χ3v) is 4.14. The summed E-state index contributed by atoms with van der Waals surface area (Å²) in [5.74, 6) is -0.135. The van der Waals surface area contributed by atoms with Crippen molar-refractivity contribution < 1.29 is 4.79 Å². The highest BCUT2D eigenvalue weighted by molar-refractivity contribution is 6.32. The van der Waals surface area contributed by atoms with E-state index in [0.717, 1.165) is 27.9 Å². The highest BCUT2D eigenvalue weighted by Crippen LogP contribution is 2.28. The molecule has 0 saturated carbocycles. The maximum Gasteiger partial charge on any atom is 0.268 e. The molecule has 0 fully saturated rings. The zero-order chi connectivity index (χ0) is 16.5. The summed E-state index contributed by atoms with van der Waals surface area (Å²) in [5, 5.41) is 8.90. The molecule has 6 nitrogen and oxygen atoms in total. The highest BCUT2D eigenvalue weighted by atomic mass is 35.5. The predicted molar refractivity (Wildman–Crippen MR) is 94.7 cm³/mol. The molecule has 3 N–H and O–H groups in total. The van der Waals surface area contributed by atoms with Gasteiger partial charge in [-0.2, -0.15) is 5.10 Å². The molecule has 0 spiro atoms. The van der Waals surface area contributed by atoms with E-state index in [1.807, 2.05) is 24.3 Å². The average Bonchev–Trinajstić information content (AvgIpc) is 2.89. The van der Waals surface area contributed by atoms with Crippen LogP contribution in [0.2, 0.25) is 5.02 Å². The number of anilines is 1. The van der Waals surface area contributed by atoms with Crippen LogP contribution in [0.4, 0.5) is 5.69 Å². The van der Waals surface area contributed by atoms with Gasteiger partial charge in [0.1, 0.15) is 5.69 Å². The Morgan fingerprint density at radius 1 is 1.29 bits per heavy atom. The first-order valence-electron chi connectivity index (χ1n) is 7.55. The minimum absolute atomic E-state index is 0.135. The van der Waals surface area contributed by atoms with Gasteiger partial charge in [-0.15, -0.1) is 0 Å². The van der Waals surface area contributed by atoms with Gasteiger partial charge in [-0.25, -0.2) is 0 Å². The van der Waals surface area contributed by atoms with Crippen molar-refractivity contribution in [2.45, 2.75) is 6.42 Å². The van der Waals surface area contributed by atoms with Crippen LogP contribution in [0, 0.1) is 0 Å². The van der Waals surface area contributed by atoms with Gasteiger partial charge in [-0.3, -0.25) is 15.2 Å². The number of rotatable bonds is 2. The lowest BCUT2D eigenvalue weighted by atomic mass is 10.0. The first kappa shape index (κ1) is 14.7. The van der Waals surface area contributed by atoms with Crippen molar-refractivity contribution in [3.63, 3.8) is 0 Å². The van der Waals surface area contributed by atoms with Crippen molar-refractivity contribution in [1.82, 2.24) is 15.3 Å². The van der Waals surface area contributed by atoms with E-state index in [4.69, 9.17) is 11.6 Å². The van der Waals surface area contributed by atoms with Crippen LogP contribution in [0.3, 0.4) is 0 Å². The number of pyridine rings is 1. The van der Waals surface area contributed by atoms with E-state index < -0.39 is 0 Å². The number of hydrogen-bond donors (Lipinski definition) is 3. The van der Waals surface area contributed by atoms with Crippen molar-refractivity contribution in [1.29, 1.82) is 0 Å². The summed E-state index contributed by atoms with van der Waals surface area (Å²) in [6.45, 7) is 0.525. The lowest BCUT2D eigenvalue weighted by Gasteiger charge is -2.05. The van der Waals surface area contributed by atoms with E-state index in [0.29, 0.717) is 23.7 Å². The summed E-state index contributed by atoms with van der Waals surface area (Å²) < 4.78 is 0. The number of carbonyl (C=O) groups is 1. The van der Waals surface area contributed by atoms with E-state index >= 15 is 0 Å². The van der Waals surface area contributed by atoms with Gasteiger partial charge in [-0.05, 0) is 30.3 Å². The number of nitrogens with zero attached hydrogens (tertiary/aromatic N) is 2. The quantitative estimate of drug-likeness (QED) is 0.627. The Bertz CT molecular complexity index is 948. The molecule has 120 valence electrons. The van der Waals surface area contributed by atoms with Gasteiger partial charge in [0.25, 0.3) is 5.91 Å². The number of aromatic nitrogens is 2. The van der Waals surface area contributed by atoms with Crippen LogP contribution < -0.4 is 10.7 Å². The van der Waals surface area contributed by atoms with Gasteiger partial charge < -0.3 is 10.3 Å². The SMILES string of the molecule is O=C1NCC/C(=N/Nc2cccnc2)c2c1[nH]c1ccc(Cl)cc21. The summed E-state index contributed by atoms with van der Waals surface area (Å²) >= 11 is 6.14. The Morgan fingerprint density at radius 3 is 3.04 bits per heavy atom. The standard InChI is InChI=1S/C17H14ClN5O/c18-10-3-4-13-12(8-10)15-14(5-7-20-17(24)16(15)21-13)23-22-11-2-1-6-19-9-11/h1-4,6,8-9,21-22H,5,7H2,(H,20,24)/b23-14-. The number of hydrogen-bond acceptors (Lipinski definition) is 4. The first-order valence-corrected chi connectivity index (χ1v) is 7.92. The predicted octanol–water partition coefficient (Wildman–Crippen LogP) is 3.17. The Labute approximate surface area is 142 Å². The highest BCUT2D eigenvalue weighted by Gasteiger charge is 2.25. The topological polar surface area (TPSA) is 82.2 Å². The van der Waals surface area contributed by atoms with E-state index in [1.165, 1.54) is 0 Å². The van der Waals surface area contributed by atoms with Crippen LogP contribution in [-0.4, -0.2) is 28.1 Å². The van der Waals surface area contributed by atoms with Crippen LogP contribution in [-0.2, 0) is 0 Å². The van der Waals surface area contributed by atoms with Crippen LogP contribution >= 0.6 is 11.6 Å². The number of fused-ring (bicyclic) bond motifs is 3. The molecule has 3 aromatic rings. The largest absolute Gasteiger partial charge is 0.350 e. The molecule has 2 aromatic heterocycles. The molecule has 0 unspecified atom stereocenters. The lowest BCUT2D eigenvalue weighted by Crippen LogP contribution is -2.23. The molecule has 0 aliphatic carbocycles. The molecule has 1 aliphatic rings. The van der Waals surface area contributed by atoms with Gasteiger partial charge in [0.15, 0.2) is 0 Å². The minimum Gasteiger partial charge on any atom is -0.350 e. The summed E-state index contributed by atoms with van der Waals surface area (Å²) in [6.07, 6.45) is 4.01. The normalized spacial score (nSPS) is 15.9. The fourth-order valence-corrected chi connectivity index (χ4v) is 2.99. The summed E-state index contributed by atoms with van der Waals surface area (Å²) in [6, 6.07) is 9.22. The van der Waals surface area contributed by atoms with Gasteiger partial charge in [0, 0.05) is 40.7 Å². The second kappa shape index (κ2) is 5.98. The van der Waals surface area contributed by atoms with Gasteiger partial charge in [-0.1, -0.05) is 11.6 Å². The Hall–Kier alpha value is -2.86. The average molecular weight is 340 g/mol. The fraction of sp³-hybridized carbons (Fsp3) is 0.118. The maximum absolute atomic E-state index is 12.3. The zero-order valence-corrected chi connectivity index (χ0v) is 13.4. The van der Waals surface area contributed by atoms with E-state index in [-0.39, 0.29) is 5.91 Å². The van der Waals surface area contributed by atoms with Crippen molar-refractivity contribution in [2.24, 2.45) is 5.10 Å². The molecule has 0 saturated heterocycles. The third-order valence-electron chi connectivity index (χ3n) is 3.91. The number of aromatic amines is 1. The van der Waals surface area contributed by atoms with Crippen LogP contribution in [0.15, 0.2) is 47.8 Å². The summed E-state index contributed by atoms with van der Waals surface area (Å²) in [7, 11) is 0. The monoisotopic (exact) mass is 339 g/mol. The molecule has 4 rings (SSSR count). The van der Waals surface area contributed by atoms with Crippen LogP contribution in [0.1, 0.15) is 22.5 Å².